The highest BCUT2D eigenvalue weighted by molar-refractivity contribution is 6.29. The second-order valence-electron chi connectivity index (χ2n) is 10.5. The Balaban J connectivity index is 1.50. The Bertz CT molecular complexity index is 1440. The first-order valence-electron chi connectivity index (χ1n) is 13.2. The summed E-state index contributed by atoms with van der Waals surface area (Å²) in [6.45, 7) is 1.53. The minimum absolute atomic E-state index is 0.0193. The molecule has 0 amide bonds. The number of carbonyl (C=O) groups excluding carboxylic acids is 3. The number of ketones is 2. The van der Waals surface area contributed by atoms with Crippen LogP contribution < -0.4 is 4.74 Å². The van der Waals surface area contributed by atoms with Crippen molar-refractivity contribution in [3.8, 4) is 17.2 Å². The Morgan fingerprint density at radius 1 is 0.907 bits per heavy atom. The van der Waals surface area contributed by atoms with Gasteiger partial charge in [0.05, 0.1) is 12.2 Å². The highest BCUT2D eigenvalue weighted by Gasteiger charge is 2.50. The molecule has 15 heteroatoms. The van der Waals surface area contributed by atoms with Crippen LogP contribution in [0.1, 0.15) is 44.3 Å². The number of hydrogen-bond donors (Lipinski definition) is 7. The topological polar surface area (TPSA) is 239 Å². The van der Waals surface area contributed by atoms with E-state index in [1.165, 1.54) is 19.1 Å². The Kier molecular flexibility index (Phi) is 8.43. The molecule has 7 N–H and O–H groups in total. The molecule has 2 saturated heterocycles. The smallest absolute Gasteiger partial charge is 0.302 e. The first kappa shape index (κ1) is 30.8. The molecule has 232 valence electrons. The van der Waals surface area contributed by atoms with E-state index in [0.29, 0.717) is 0 Å². The van der Waals surface area contributed by atoms with Crippen molar-refractivity contribution >= 4 is 17.5 Å². The van der Waals surface area contributed by atoms with Gasteiger partial charge in [-0.1, -0.05) is 0 Å². The molecular formula is C28H30O15. The number of aromatic hydroxyl groups is 2. The predicted octanol–water partition coefficient (Wildman–Crippen LogP) is -1.61. The Morgan fingerprint density at radius 3 is 2.33 bits per heavy atom. The molecule has 0 spiro atoms. The SMILES string of the molecule is CC(=O)OC[C@H]1O[C@H](Oc2cc3c(c(O)c2C)C(=O)c2ccc(O)cc2C3=O)[C@H](O[C@H]2OC[C@H](O)[C@@H](O)[C@H]2O)[C@H](O)[C@H]1O. The molecule has 2 heterocycles. The number of aliphatic hydroxyl groups is 5. The maximum atomic E-state index is 13.3. The number of phenolic OH excluding ortho intramolecular Hbond substituents is 2. The third-order valence-electron chi connectivity index (χ3n) is 7.55. The van der Waals surface area contributed by atoms with Crippen LogP contribution in [0.3, 0.4) is 0 Å². The summed E-state index contributed by atoms with van der Waals surface area (Å²) in [5.74, 6) is -3.14. The van der Waals surface area contributed by atoms with Gasteiger partial charge in [-0.2, -0.15) is 0 Å². The normalized spacial score (nSPS) is 32.1. The maximum absolute atomic E-state index is 13.3. The zero-order valence-electron chi connectivity index (χ0n) is 22.8. The van der Waals surface area contributed by atoms with Gasteiger partial charge >= 0.3 is 5.97 Å². The summed E-state index contributed by atoms with van der Waals surface area (Å²) in [6, 6.07) is 4.76. The summed E-state index contributed by atoms with van der Waals surface area (Å²) in [4.78, 5) is 37.9. The average molecular weight is 607 g/mol. The Morgan fingerprint density at radius 2 is 1.63 bits per heavy atom. The van der Waals surface area contributed by atoms with Crippen LogP contribution >= 0.6 is 0 Å². The van der Waals surface area contributed by atoms with Gasteiger partial charge < -0.3 is 59.4 Å². The summed E-state index contributed by atoms with van der Waals surface area (Å²) < 4.78 is 27.5. The molecule has 43 heavy (non-hydrogen) atoms. The molecule has 0 radical (unpaired) electrons. The molecule has 2 fully saturated rings. The van der Waals surface area contributed by atoms with Crippen LogP contribution in [0, 0.1) is 6.92 Å². The molecule has 0 aromatic heterocycles. The molecule has 2 aliphatic heterocycles. The van der Waals surface area contributed by atoms with Gasteiger partial charge in [0, 0.05) is 29.2 Å². The van der Waals surface area contributed by atoms with E-state index >= 15 is 0 Å². The fraction of sp³-hybridized carbons (Fsp3) is 0.464. The summed E-state index contributed by atoms with van der Waals surface area (Å²) >= 11 is 0. The molecule has 1 aliphatic carbocycles. The summed E-state index contributed by atoms with van der Waals surface area (Å²) in [5.41, 5.74) is -0.693. The van der Waals surface area contributed by atoms with Crippen LogP contribution in [-0.2, 0) is 23.7 Å². The fourth-order valence-electron chi connectivity index (χ4n) is 5.13. The van der Waals surface area contributed by atoms with E-state index in [-0.39, 0.29) is 39.3 Å². The first-order chi connectivity index (χ1) is 20.3. The Labute approximate surface area is 243 Å². The molecule has 0 bridgehead atoms. The van der Waals surface area contributed by atoms with E-state index in [2.05, 4.69) is 0 Å². The lowest BCUT2D eigenvalue weighted by Gasteiger charge is -2.44. The number of fused-ring (bicyclic) bond motifs is 2. The monoisotopic (exact) mass is 606 g/mol. The minimum Gasteiger partial charge on any atom is -0.508 e. The molecule has 9 atom stereocenters. The first-order valence-corrected chi connectivity index (χ1v) is 13.2. The summed E-state index contributed by atoms with van der Waals surface area (Å²) in [6.07, 6.45) is -14.8. The van der Waals surface area contributed by atoms with Crippen molar-refractivity contribution in [3.05, 3.63) is 52.1 Å². The van der Waals surface area contributed by atoms with Gasteiger partial charge in [0.25, 0.3) is 0 Å². The average Bonchev–Trinajstić information content (AvgIpc) is 2.96. The van der Waals surface area contributed by atoms with Gasteiger partial charge in [-0.25, -0.2) is 0 Å². The van der Waals surface area contributed by atoms with Gasteiger partial charge in [0.15, 0.2) is 24.0 Å². The van der Waals surface area contributed by atoms with Crippen molar-refractivity contribution in [2.24, 2.45) is 0 Å². The third-order valence-corrected chi connectivity index (χ3v) is 7.55. The van der Waals surface area contributed by atoms with Crippen molar-refractivity contribution in [2.45, 2.75) is 69.2 Å². The van der Waals surface area contributed by atoms with Crippen molar-refractivity contribution in [1.82, 2.24) is 0 Å². The number of aliphatic hydroxyl groups excluding tert-OH is 5. The second kappa shape index (κ2) is 11.8. The van der Waals surface area contributed by atoms with Crippen molar-refractivity contribution in [1.29, 1.82) is 0 Å². The number of carbonyl (C=O) groups is 3. The van der Waals surface area contributed by atoms with Crippen molar-refractivity contribution < 1.29 is 73.8 Å². The molecule has 15 nitrogen and oxygen atoms in total. The minimum atomic E-state index is -1.83. The van der Waals surface area contributed by atoms with Crippen LogP contribution in [0.15, 0.2) is 24.3 Å². The highest BCUT2D eigenvalue weighted by Crippen LogP contribution is 2.41. The number of benzene rings is 2. The van der Waals surface area contributed by atoms with Crippen LogP contribution in [0.25, 0.3) is 0 Å². The van der Waals surface area contributed by atoms with Gasteiger partial charge in [0.1, 0.15) is 60.5 Å². The van der Waals surface area contributed by atoms with E-state index in [4.69, 9.17) is 23.7 Å². The van der Waals surface area contributed by atoms with Crippen LogP contribution in [0.5, 0.6) is 17.2 Å². The predicted molar refractivity (Wildman–Crippen MR) is 138 cm³/mol. The molecule has 5 rings (SSSR count). The van der Waals surface area contributed by atoms with Gasteiger partial charge in [-0.3, -0.25) is 14.4 Å². The van der Waals surface area contributed by atoms with Crippen molar-refractivity contribution in [2.75, 3.05) is 13.2 Å². The molecular weight excluding hydrogens is 576 g/mol. The fourth-order valence-corrected chi connectivity index (χ4v) is 5.13. The van der Waals surface area contributed by atoms with Gasteiger partial charge in [-0.05, 0) is 31.2 Å². The molecule has 0 saturated carbocycles. The Hall–Kier alpha value is -3.67. The zero-order chi connectivity index (χ0) is 31.3. The maximum Gasteiger partial charge on any atom is 0.302 e. The van der Waals surface area contributed by atoms with Crippen LogP contribution in [-0.4, -0.2) is 122 Å². The van der Waals surface area contributed by atoms with Crippen LogP contribution in [0.2, 0.25) is 0 Å². The van der Waals surface area contributed by atoms with E-state index in [1.54, 1.807) is 0 Å². The number of rotatable bonds is 6. The highest BCUT2D eigenvalue weighted by atomic mass is 16.8. The quantitative estimate of drug-likeness (QED) is 0.156. The molecule has 2 aromatic rings. The van der Waals surface area contributed by atoms with E-state index in [1.807, 2.05) is 0 Å². The van der Waals surface area contributed by atoms with Crippen LogP contribution in [0.4, 0.5) is 0 Å². The number of esters is 1. The number of phenols is 2. The third kappa shape index (κ3) is 5.57. The number of hydrogen-bond acceptors (Lipinski definition) is 15. The van der Waals surface area contributed by atoms with Gasteiger partial charge in [0.2, 0.25) is 6.29 Å². The lowest BCUT2D eigenvalue weighted by molar-refractivity contribution is -0.345. The lowest BCUT2D eigenvalue weighted by Crippen LogP contribution is -2.64. The largest absolute Gasteiger partial charge is 0.508 e. The molecule has 0 unspecified atom stereocenters. The van der Waals surface area contributed by atoms with E-state index < -0.39 is 91.8 Å². The second-order valence-corrected chi connectivity index (χ2v) is 10.5. The van der Waals surface area contributed by atoms with E-state index in [9.17, 15) is 50.1 Å². The number of ether oxygens (including phenoxy) is 5. The summed E-state index contributed by atoms with van der Waals surface area (Å²) in [5, 5.41) is 72.7. The zero-order valence-corrected chi connectivity index (χ0v) is 22.8. The van der Waals surface area contributed by atoms with Crippen molar-refractivity contribution in [3.63, 3.8) is 0 Å². The molecule has 2 aromatic carbocycles. The molecule has 3 aliphatic rings. The lowest BCUT2D eigenvalue weighted by atomic mass is 9.82. The standard InChI is InChI=1S/C28H30O15/c1-9-16(6-14-18(19(9)32)21(34)12-4-3-11(30)5-13(12)20(14)33)41-28-26(43-27-25(38)22(35)15(31)7-40-27)24(37)23(36)17(42-28)8-39-10(2)29/h3-6,15,17,22-28,30-32,35-38H,7-8H2,1-2H3/t15-,17+,22+,23-,24+,25+,26+,27+,28-/m0/s1. The summed E-state index contributed by atoms with van der Waals surface area (Å²) in [7, 11) is 0. The van der Waals surface area contributed by atoms with E-state index in [0.717, 1.165) is 19.1 Å². The van der Waals surface area contributed by atoms with Gasteiger partial charge in [-0.15, -0.1) is 0 Å².